The number of methoxy groups -OCH3 is 1. The van der Waals surface area contributed by atoms with Crippen LogP contribution in [0.4, 0.5) is 0 Å². The van der Waals surface area contributed by atoms with Crippen molar-refractivity contribution >= 4 is 5.96 Å². The van der Waals surface area contributed by atoms with Crippen molar-refractivity contribution in [1.29, 1.82) is 0 Å². The van der Waals surface area contributed by atoms with Crippen molar-refractivity contribution in [2.45, 2.75) is 58.5 Å². The van der Waals surface area contributed by atoms with Gasteiger partial charge in [0, 0.05) is 33.2 Å². The molecule has 0 bridgehead atoms. The summed E-state index contributed by atoms with van der Waals surface area (Å²) in [6.07, 6.45) is 2.06. The van der Waals surface area contributed by atoms with E-state index in [1.54, 1.807) is 14.2 Å². The van der Waals surface area contributed by atoms with Crippen LogP contribution < -0.4 is 15.4 Å². The van der Waals surface area contributed by atoms with Gasteiger partial charge in [0.25, 0.3) is 0 Å². The molecule has 8 heteroatoms. The molecule has 0 fully saturated rings. The summed E-state index contributed by atoms with van der Waals surface area (Å²) in [5, 5.41) is 11.4. The lowest BCUT2D eigenvalue weighted by molar-refractivity contribution is 0.177. The number of guanidine groups is 1. The number of benzene rings is 1. The van der Waals surface area contributed by atoms with Crippen LogP contribution in [0.5, 0.6) is 5.75 Å². The summed E-state index contributed by atoms with van der Waals surface area (Å²) in [5.74, 6) is 3.44. The maximum Gasteiger partial charge on any atom is 0.191 e. The number of hydrogen-bond acceptors (Lipinski definition) is 5. The molecule has 0 saturated heterocycles. The van der Waals surface area contributed by atoms with E-state index in [2.05, 4.69) is 37.8 Å². The van der Waals surface area contributed by atoms with Gasteiger partial charge in [0.2, 0.25) is 0 Å². The average Bonchev–Trinajstić information content (AvgIpc) is 3.07. The summed E-state index contributed by atoms with van der Waals surface area (Å²) in [4.78, 5) is 8.87. The summed E-state index contributed by atoms with van der Waals surface area (Å²) in [5.41, 5.74) is 1.17. The average molecular weight is 387 g/mol. The summed E-state index contributed by atoms with van der Waals surface area (Å²) < 4.78 is 12.8. The predicted octanol–water partition coefficient (Wildman–Crippen LogP) is 1.89. The number of nitrogens with one attached hydrogen (secondary N) is 2. The van der Waals surface area contributed by atoms with E-state index >= 15 is 0 Å². The third-order valence-electron chi connectivity index (χ3n) is 4.49. The number of hydrogen-bond donors (Lipinski definition) is 2. The molecule has 1 aliphatic heterocycles. The van der Waals surface area contributed by atoms with Crippen LogP contribution >= 0.6 is 0 Å². The molecule has 1 atom stereocenters. The van der Waals surface area contributed by atoms with Gasteiger partial charge in [-0.3, -0.25) is 4.99 Å². The molecule has 0 spiro atoms. The van der Waals surface area contributed by atoms with E-state index in [-0.39, 0.29) is 12.1 Å². The smallest absolute Gasteiger partial charge is 0.191 e. The second kappa shape index (κ2) is 9.54. The van der Waals surface area contributed by atoms with Gasteiger partial charge < -0.3 is 20.1 Å². The highest BCUT2D eigenvalue weighted by molar-refractivity contribution is 5.79. The Kier molecular flexibility index (Phi) is 6.86. The Morgan fingerprint density at radius 1 is 1.32 bits per heavy atom. The first-order chi connectivity index (χ1) is 13.6. The van der Waals surface area contributed by atoms with E-state index in [1.165, 1.54) is 5.56 Å². The maximum absolute atomic E-state index is 5.68. The second-order valence-corrected chi connectivity index (χ2v) is 7.18. The first-order valence-corrected chi connectivity index (χ1v) is 9.71. The second-order valence-electron chi connectivity index (χ2n) is 7.18. The Hall–Kier alpha value is -2.61. The third-order valence-corrected chi connectivity index (χ3v) is 4.49. The van der Waals surface area contributed by atoms with Crippen molar-refractivity contribution < 1.29 is 9.47 Å². The molecule has 8 nitrogen and oxygen atoms in total. The molecule has 2 N–H and O–H groups in total. The number of aliphatic imine (C=N–C) groups is 1. The monoisotopic (exact) mass is 386 g/mol. The molecule has 0 aliphatic carbocycles. The quantitative estimate of drug-likeness (QED) is 0.558. The predicted molar refractivity (Wildman–Crippen MR) is 108 cm³/mol. The Morgan fingerprint density at radius 2 is 2.11 bits per heavy atom. The van der Waals surface area contributed by atoms with Crippen LogP contribution in [0, 0.1) is 0 Å². The Bertz CT molecular complexity index is 784. The van der Waals surface area contributed by atoms with Crippen LogP contribution in [0.2, 0.25) is 0 Å². The standard InChI is InChI=1S/C20H30N6O2/c1-14(2)28-17-8-5-15(6-9-17)11-22-20(21-3)23-16-7-10-19-24-18(13-27-4)25-26(19)12-16/h5-6,8-9,14,16H,7,10-13H2,1-4H3,(H2,21,22,23). The summed E-state index contributed by atoms with van der Waals surface area (Å²) in [6.45, 7) is 5.96. The van der Waals surface area contributed by atoms with Crippen molar-refractivity contribution in [3.05, 3.63) is 41.5 Å². The number of aryl methyl sites for hydroxylation is 1. The lowest BCUT2D eigenvalue weighted by Gasteiger charge is -2.25. The molecular weight excluding hydrogens is 356 g/mol. The van der Waals surface area contributed by atoms with Crippen LogP contribution in [0.15, 0.2) is 29.3 Å². The molecule has 3 rings (SSSR count). The highest BCUT2D eigenvalue weighted by atomic mass is 16.5. The SMILES string of the molecule is CN=C(NCc1ccc(OC(C)C)cc1)NC1CCc2nc(COC)nn2C1. The van der Waals surface area contributed by atoms with Gasteiger partial charge in [-0.15, -0.1) is 0 Å². The van der Waals surface area contributed by atoms with E-state index in [1.807, 2.05) is 30.7 Å². The zero-order chi connectivity index (χ0) is 19.9. The molecule has 1 aliphatic rings. The van der Waals surface area contributed by atoms with Gasteiger partial charge in [-0.25, -0.2) is 9.67 Å². The zero-order valence-corrected chi connectivity index (χ0v) is 17.1. The van der Waals surface area contributed by atoms with E-state index in [0.717, 1.165) is 42.7 Å². The van der Waals surface area contributed by atoms with Gasteiger partial charge in [0.15, 0.2) is 11.8 Å². The first-order valence-electron chi connectivity index (χ1n) is 9.71. The van der Waals surface area contributed by atoms with Crippen LogP contribution in [0.1, 0.15) is 37.5 Å². The first kappa shape index (κ1) is 20.1. The molecule has 1 unspecified atom stereocenters. The lowest BCUT2D eigenvalue weighted by atomic mass is 10.1. The van der Waals surface area contributed by atoms with Crippen LogP contribution in [-0.4, -0.2) is 47.0 Å². The molecule has 2 heterocycles. The summed E-state index contributed by atoms with van der Waals surface area (Å²) in [6, 6.07) is 8.39. The topological polar surface area (TPSA) is 85.6 Å². The molecule has 28 heavy (non-hydrogen) atoms. The number of aromatic nitrogens is 3. The van der Waals surface area contributed by atoms with E-state index in [9.17, 15) is 0 Å². The Morgan fingerprint density at radius 3 is 2.79 bits per heavy atom. The van der Waals surface area contributed by atoms with Gasteiger partial charge in [0.05, 0.1) is 12.6 Å². The van der Waals surface area contributed by atoms with Gasteiger partial charge in [-0.2, -0.15) is 5.10 Å². The molecular formula is C20H30N6O2. The van der Waals surface area contributed by atoms with Gasteiger partial charge in [0.1, 0.15) is 18.2 Å². The van der Waals surface area contributed by atoms with E-state index < -0.39 is 0 Å². The summed E-state index contributed by atoms with van der Waals surface area (Å²) in [7, 11) is 3.44. The number of fused-ring (bicyclic) bond motifs is 1. The largest absolute Gasteiger partial charge is 0.491 e. The highest BCUT2D eigenvalue weighted by Crippen LogP contribution is 2.15. The van der Waals surface area contributed by atoms with E-state index in [0.29, 0.717) is 13.2 Å². The van der Waals surface area contributed by atoms with Crippen molar-refractivity contribution in [2.24, 2.45) is 4.99 Å². The number of rotatable bonds is 7. The Balaban J connectivity index is 1.50. The van der Waals surface area contributed by atoms with Crippen molar-refractivity contribution in [3.8, 4) is 5.75 Å². The minimum Gasteiger partial charge on any atom is -0.491 e. The normalized spacial score (nSPS) is 16.8. The van der Waals surface area contributed by atoms with Crippen molar-refractivity contribution in [1.82, 2.24) is 25.4 Å². The van der Waals surface area contributed by atoms with Crippen LogP contribution in [-0.2, 0) is 30.9 Å². The molecule has 1 aromatic heterocycles. The fourth-order valence-electron chi connectivity index (χ4n) is 3.20. The molecule has 1 aromatic carbocycles. The third kappa shape index (κ3) is 5.45. The Labute approximate surface area is 166 Å². The summed E-state index contributed by atoms with van der Waals surface area (Å²) >= 11 is 0. The molecule has 2 aromatic rings. The molecule has 152 valence electrons. The van der Waals surface area contributed by atoms with Crippen molar-refractivity contribution in [2.75, 3.05) is 14.2 Å². The maximum atomic E-state index is 5.68. The minimum atomic E-state index is 0.179. The number of ether oxygens (including phenoxy) is 2. The van der Waals surface area contributed by atoms with Gasteiger partial charge >= 0.3 is 0 Å². The minimum absolute atomic E-state index is 0.179. The highest BCUT2D eigenvalue weighted by Gasteiger charge is 2.22. The van der Waals surface area contributed by atoms with Gasteiger partial charge in [-0.05, 0) is 38.0 Å². The molecule has 0 radical (unpaired) electrons. The fraction of sp³-hybridized carbons (Fsp3) is 0.550. The zero-order valence-electron chi connectivity index (χ0n) is 17.1. The molecule has 0 saturated carbocycles. The van der Waals surface area contributed by atoms with Crippen LogP contribution in [0.3, 0.4) is 0 Å². The fourth-order valence-corrected chi connectivity index (χ4v) is 3.20. The van der Waals surface area contributed by atoms with Crippen LogP contribution in [0.25, 0.3) is 0 Å². The number of nitrogens with zero attached hydrogens (tertiary/aromatic N) is 4. The molecule has 0 amide bonds. The lowest BCUT2D eigenvalue weighted by Crippen LogP contribution is -2.46. The van der Waals surface area contributed by atoms with Gasteiger partial charge in [-0.1, -0.05) is 12.1 Å². The van der Waals surface area contributed by atoms with E-state index in [4.69, 9.17) is 9.47 Å². The van der Waals surface area contributed by atoms with Crippen molar-refractivity contribution in [3.63, 3.8) is 0 Å².